The van der Waals surface area contributed by atoms with Gasteiger partial charge in [-0.1, -0.05) is 19.9 Å². The van der Waals surface area contributed by atoms with Crippen LogP contribution < -0.4 is 5.32 Å². The van der Waals surface area contributed by atoms with Crippen molar-refractivity contribution in [3.8, 4) is 0 Å². The molecule has 0 aliphatic heterocycles. The molecule has 0 aliphatic carbocycles. The number of likely N-dealkylation sites (N-methyl/N-ethyl adjacent to an activating group) is 1. The van der Waals surface area contributed by atoms with Crippen molar-refractivity contribution in [1.82, 2.24) is 15.2 Å². The van der Waals surface area contributed by atoms with Crippen molar-refractivity contribution in [2.45, 2.75) is 33.9 Å². The van der Waals surface area contributed by atoms with E-state index in [9.17, 15) is 0 Å². The zero-order valence-corrected chi connectivity index (χ0v) is 12.5. The Bertz CT molecular complexity index is 344. The Labute approximate surface area is 117 Å². The largest absolute Gasteiger partial charge is 0.380 e. The van der Waals surface area contributed by atoms with Gasteiger partial charge < -0.3 is 10.1 Å². The van der Waals surface area contributed by atoms with Crippen LogP contribution in [-0.4, -0.2) is 42.7 Å². The lowest BCUT2D eigenvalue weighted by molar-refractivity contribution is 0.112. The zero-order valence-electron chi connectivity index (χ0n) is 12.5. The molecule has 4 heteroatoms. The van der Waals surface area contributed by atoms with Crippen LogP contribution >= 0.6 is 0 Å². The molecule has 0 aromatic carbocycles. The average molecular weight is 265 g/mol. The highest BCUT2D eigenvalue weighted by Gasteiger charge is 2.05. The standard InChI is InChI=1S/C15H27N3O/c1-4-16-12-14-8-7-9-15(17-14)13-18(5-2)10-11-19-6-3/h7-9,16H,4-6,10-13H2,1-3H3. The number of aromatic nitrogens is 1. The van der Waals surface area contributed by atoms with Gasteiger partial charge in [0.1, 0.15) is 0 Å². The quantitative estimate of drug-likeness (QED) is 0.657. The highest BCUT2D eigenvalue weighted by Crippen LogP contribution is 2.04. The fraction of sp³-hybridized carbons (Fsp3) is 0.667. The average Bonchev–Trinajstić information content (AvgIpc) is 2.44. The Kier molecular flexibility index (Phi) is 8.38. The van der Waals surface area contributed by atoms with Crippen molar-refractivity contribution in [3.05, 3.63) is 29.6 Å². The van der Waals surface area contributed by atoms with E-state index in [1.165, 1.54) is 0 Å². The number of nitrogens with one attached hydrogen (secondary N) is 1. The summed E-state index contributed by atoms with van der Waals surface area (Å²) in [5, 5.41) is 3.30. The maximum atomic E-state index is 5.41. The van der Waals surface area contributed by atoms with E-state index < -0.39 is 0 Å². The van der Waals surface area contributed by atoms with E-state index in [2.05, 4.69) is 47.2 Å². The summed E-state index contributed by atoms with van der Waals surface area (Å²) in [6, 6.07) is 6.26. The van der Waals surface area contributed by atoms with Gasteiger partial charge in [0.15, 0.2) is 0 Å². The molecule has 19 heavy (non-hydrogen) atoms. The highest BCUT2D eigenvalue weighted by molar-refractivity contribution is 5.11. The SMILES string of the molecule is CCNCc1cccc(CN(CC)CCOCC)n1. The third kappa shape index (κ3) is 6.66. The summed E-state index contributed by atoms with van der Waals surface area (Å²) in [6.07, 6.45) is 0. The molecule has 1 aromatic rings. The van der Waals surface area contributed by atoms with Crippen LogP contribution in [0.25, 0.3) is 0 Å². The Morgan fingerprint density at radius 1 is 1.21 bits per heavy atom. The lowest BCUT2D eigenvalue weighted by atomic mass is 10.2. The van der Waals surface area contributed by atoms with E-state index in [1.807, 2.05) is 6.92 Å². The smallest absolute Gasteiger partial charge is 0.0593 e. The Morgan fingerprint density at radius 2 is 2.00 bits per heavy atom. The molecule has 0 radical (unpaired) electrons. The topological polar surface area (TPSA) is 37.4 Å². The molecular formula is C15H27N3O. The summed E-state index contributed by atoms with van der Waals surface area (Å²) in [4.78, 5) is 7.04. The van der Waals surface area contributed by atoms with E-state index in [0.717, 1.165) is 57.3 Å². The lowest BCUT2D eigenvalue weighted by Crippen LogP contribution is -2.27. The first-order valence-corrected chi connectivity index (χ1v) is 7.25. The molecule has 108 valence electrons. The molecule has 0 bridgehead atoms. The minimum absolute atomic E-state index is 0.786. The number of hydrogen-bond acceptors (Lipinski definition) is 4. The summed E-state index contributed by atoms with van der Waals surface area (Å²) >= 11 is 0. The van der Waals surface area contributed by atoms with Gasteiger partial charge >= 0.3 is 0 Å². The fourth-order valence-electron chi connectivity index (χ4n) is 1.88. The van der Waals surface area contributed by atoms with Gasteiger partial charge in [-0.05, 0) is 32.1 Å². The van der Waals surface area contributed by atoms with Crippen molar-refractivity contribution in [2.75, 3.05) is 32.8 Å². The molecule has 0 amide bonds. The van der Waals surface area contributed by atoms with Crippen molar-refractivity contribution in [3.63, 3.8) is 0 Å². The van der Waals surface area contributed by atoms with Crippen LogP contribution in [0, 0.1) is 0 Å². The second kappa shape index (κ2) is 9.89. The fourth-order valence-corrected chi connectivity index (χ4v) is 1.88. The summed E-state index contributed by atoms with van der Waals surface area (Å²) in [5.41, 5.74) is 2.24. The minimum Gasteiger partial charge on any atom is -0.380 e. The van der Waals surface area contributed by atoms with Gasteiger partial charge in [0, 0.05) is 26.2 Å². The van der Waals surface area contributed by atoms with Gasteiger partial charge in [-0.15, -0.1) is 0 Å². The zero-order chi connectivity index (χ0) is 13.9. The minimum atomic E-state index is 0.786. The van der Waals surface area contributed by atoms with Gasteiger partial charge in [-0.2, -0.15) is 0 Å². The molecule has 1 aromatic heterocycles. The molecule has 0 fully saturated rings. The van der Waals surface area contributed by atoms with Crippen molar-refractivity contribution < 1.29 is 4.74 Å². The molecule has 4 nitrogen and oxygen atoms in total. The molecule has 0 aliphatic rings. The predicted octanol–water partition coefficient (Wildman–Crippen LogP) is 2.05. The Morgan fingerprint density at radius 3 is 2.68 bits per heavy atom. The summed E-state index contributed by atoms with van der Waals surface area (Å²) in [5.74, 6) is 0. The van der Waals surface area contributed by atoms with Crippen molar-refractivity contribution in [1.29, 1.82) is 0 Å². The maximum absolute atomic E-state index is 5.41. The highest BCUT2D eigenvalue weighted by atomic mass is 16.5. The molecule has 1 rings (SSSR count). The van der Waals surface area contributed by atoms with Crippen LogP contribution in [0.3, 0.4) is 0 Å². The lowest BCUT2D eigenvalue weighted by Gasteiger charge is -2.20. The van der Waals surface area contributed by atoms with Gasteiger partial charge in [0.2, 0.25) is 0 Å². The molecular weight excluding hydrogens is 238 g/mol. The van der Waals surface area contributed by atoms with Crippen LogP contribution in [0.2, 0.25) is 0 Å². The second-order valence-corrected chi connectivity index (χ2v) is 4.47. The normalized spacial score (nSPS) is 11.2. The van der Waals surface area contributed by atoms with E-state index in [0.29, 0.717) is 0 Å². The molecule has 0 saturated carbocycles. The Balaban J connectivity index is 2.48. The van der Waals surface area contributed by atoms with Crippen molar-refractivity contribution >= 4 is 0 Å². The van der Waals surface area contributed by atoms with E-state index in [4.69, 9.17) is 4.74 Å². The third-order valence-corrected chi connectivity index (χ3v) is 3.01. The summed E-state index contributed by atoms with van der Waals surface area (Å²) < 4.78 is 5.41. The van der Waals surface area contributed by atoms with Crippen LogP contribution in [0.15, 0.2) is 18.2 Å². The number of rotatable bonds is 10. The number of pyridine rings is 1. The summed E-state index contributed by atoms with van der Waals surface area (Å²) in [7, 11) is 0. The van der Waals surface area contributed by atoms with Gasteiger partial charge in [0.05, 0.1) is 18.0 Å². The third-order valence-electron chi connectivity index (χ3n) is 3.01. The molecule has 0 spiro atoms. The van der Waals surface area contributed by atoms with Gasteiger partial charge in [-0.3, -0.25) is 9.88 Å². The summed E-state index contributed by atoms with van der Waals surface area (Å²) in [6.45, 7) is 12.6. The first kappa shape index (κ1) is 16.1. The van der Waals surface area contributed by atoms with E-state index in [1.54, 1.807) is 0 Å². The molecule has 0 saturated heterocycles. The molecule has 0 unspecified atom stereocenters. The predicted molar refractivity (Wildman–Crippen MR) is 79.1 cm³/mol. The van der Waals surface area contributed by atoms with Crippen LogP contribution in [0.4, 0.5) is 0 Å². The van der Waals surface area contributed by atoms with E-state index in [-0.39, 0.29) is 0 Å². The van der Waals surface area contributed by atoms with Crippen LogP contribution in [-0.2, 0) is 17.8 Å². The number of nitrogens with zero attached hydrogens (tertiary/aromatic N) is 2. The Hall–Kier alpha value is -0.970. The molecule has 0 atom stereocenters. The van der Waals surface area contributed by atoms with Gasteiger partial charge in [-0.25, -0.2) is 0 Å². The van der Waals surface area contributed by atoms with Gasteiger partial charge in [0.25, 0.3) is 0 Å². The number of ether oxygens (including phenoxy) is 1. The maximum Gasteiger partial charge on any atom is 0.0593 e. The first-order valence-electron chi connectivity index (χ1n) is 7.25. The molecule has 1 heterocycles. The monoisotopic (exact) mass is 265 g/mol. The molecule has 1 N–H and O–H groups in total. The van der Waals surface area contributed by atoms with E-state index >= 15 is 0 Å². The van der Waals surface area contributed by atoms with Crippen LogP contribution in [0.1, 0.15) is 32.2 Å². The number of hydrogen-bond donors (Lipinski definition) is 1. The second-order valence-electron chi connectivity index (χ2n) is 4.47. The first-order chi connectivity index (χ1) is 9.30. The van der Waals surface area contributed by atoms with Crippen LogP contribution in [0.5, 0.6) is 0 Å². The van der Waals surface area contributed by atoms with Crippen molar-refractivity contribution in [2.24, 2.45) is 0 Å².